The van der Waals surface area contributed by atoms with E-state index in [1.54, 1.807) is 6.08 Å². The number of likely N-dealkylation sites (N-methyl/N-ethyl adjacent to an activating group) is 1. The van der Waals surface area contributed by atoms with Crippen molar-refractivity contribution < 1.29 is 5.11 Å². The highest BCUT2D eigenvalue weighted by atomic mass is 16.3. The highest BCUT2D eigenvalue weighted by molar-refractivity contribution is 5.32. The fourth-order valence-electron chi connectivity index (χ4n) is 1.00. The fraction of sp³-hybridized carbons (Fsp3) is 0.400. The van der Waals surface area contributed by atoms with E-state index in [4.69, 9.17) is 5.11 Å². The number of aliphatic hydroxyl groups is 1. The summed E-state index contributed by atoms with van der Waals surface area (Å²) in [4.78, 5) is 2.11. The minimum absolute atomic E-state index is 0.372. The fourth-order valence-corrected chi connectivity index (χ4v) is 1.00. The average molecular weight is 165 g/mol. The van der Waals surface area contributed by atoms with E-state index >= 15 is 0 Å². The Morgan fingerprint density at radius 2 is 2.25 bits per heavy atom. The third kappa shape index (κ3) is 2.93. The van der Waals surface area contributed by atoms with Crippen molar-refractivity contribution in [2.45, 2.75) is 6.42 Å². The summed E-state index contributed by atoms with van der Waals surface area (Å²) in [7, 11) is 4.08. The van der Waals surface area contributed by atoms with Crippen LogP contribution in [-0.4, -0.2) is 30.6 Å². The maximum absolute atomic E-state index is 9.04. The van der Waals surface area contributed by atoms with E-state index in [9.17, 15) is 0 Å². The predicted molar refractivity (Wildman–Crippen MR) is 51.1 cm³/mol. The molecule has 0 saturated carbocycles. The van der Waals surface area contributed by atoms with Crippen molar-refractivity contribution in [3.8, 4) is 0 Å². The molecule has 0 aliphatic heterocycles. The lowest BCUT2D eigenvalue weighted by Gasteiger charge is -2.08. The SMILES string of the molecule is CN(C)CC=C1C=CC(O)=CC1. The van der Waals surface area contributed by atoms with Gasteiger partial charge in [0, 0.05) is 6.54 Å². The summed E-state index contributed by atoms with van der Waals surface area (Å²) in [5, 5.41) is 9.04. The van der Waals surface area contributed by atoms with Crippen molar-refractivity contribution >= 4 is 0 Å². The molecule has 0 saturated heterocycles. The Balaban J connectivity index is 2.47. The van der Waals surface area contributed by atoms with Crippen molar-refractivity contribution in [1.29, 1.82) is 0 Å². The molecule has 0 heterocycles. The molecule has 2 nitrogen and oxygen atoms in total. The summed E-state index contributed by atoms with van der Waals surface area (Å²) >= 11 is 0. The van der Waals surface area contributed by atoms with Crippen molar-refractivity contribution in [1.82, 2.24) is 4.90 Å². The molecule has 2 heteroatoms. The topological polar surface area (TPSA) is 23.5 Å². The van der Waals surface area contributed by atoms with E-state index in [2.05, 4.69) is 11.0 Å². The van der Waals surface area contributed by atoms with E-state index in [1.165, 1.54) is 5.57 Å². The minimum atomic E-state index is 0.372. The van der Waals surface area contributed by atoms with Gasteiger partial charge in [-0.05, 0) is 38.2 Å². The first-order valence-corrected chi connectivity index (χ1v) is 4.09. The minimum Gasteiger partial charge on any atom is -0.508 e. The molecule has 0 unspecified atom stereocenters. The van der Waals surface area contributed by atoms with Crippen LogP contribution in [0.5, 0.6) is 0 Å². The van der Waals surface area contributed by atoms with E-state index in [1.807, 2.05) is 26.2 Å². The molecule has 0 radical (unpaired) electrons. The van der Waals surface area contributed by atoms with Gasteiger partial charge in [0.25, 0.3) is 0 Å². The van der Waals surface area contributed by atoms with E-state index in [0.29, 0.717) is 5.76 Å². The van der Waals surface area contributed by atoms with Gasteiger partial charge in [0.2, 0.25) is 0 Å². The van der Waals surface area contributed by atoms with Crippen LogP contribution in [0.4, 0.5) is 0 Å². The summed E-state index contributed by atoms with van der Waals surface area (Å²) in [5.74, 6) is 0.372. The second-order valence-electron chi connectivity index (χ2n) is 3.21. The number of nitrogens with zero attached hydrogens (tertiary/aromatic N) is 1. The zero-order valence-electron chi connectivity index (χ0n) is 7.62. The molecule has 0 atom stereocenters. The van der Waals surface area contributed by atoms with Crippen LogP contribution < -0.4 is 0 Å². The summed E-state index contributed by atoms with van der Waals surface area (Å²) in [6, 6.07) is 0. The van der Waals surface area contributed by atoms with Crippen LogP contribution in [-0.2, 0) is 0 Å². The molecular weight excluding hydrogens is 150 g/mol. The summed E-state index contributed by atoms with van der Waals surface area (Å²) in [6.07, 6.45) is 8.51. The first kappa shape index (κ1) is 9.07. The lowest BCUT2D eigenvalue weighted by atomic mass is 10.1. The van der Waals surface area contributed by atoms with Gasteiger partial charge in [0.05, 0.1) is 0 Å². The van der Waals surface area contributed by atoms with E-state index in [0.717, 1.165) is 13.0 Å². The number of aliphatic hydroxyl groups excluding tert-OH is 1. The standard InChI is InChI=1S/C10H15NO/c1-11(2)8-7-9-3-5-10(12)6-4-9/h3,5-7,12H,4,8H2,1-2H3. The molecule has 1 aliphatic carbocycles. The quantitative estimate of drug-likeness (QED) is 0.675. The van der Waals surface area contributed by atoms with Crippen molar-refractivity contribution in [2.24, 2.45) is 0 Å². The van der Waals surface area contributed by atoms with Gasteiger partial charge in [-0.25, -0.2) is 0 Å². The number of hydrogen-bond donors (Lipinski definition) is 1. The van der Waals surface area contributed by atoms with Gasteiger partial charge in [0.15, 0.2) is 0 Å². The Morgan fingerprint density at radius 3 is 2.75 bits per heavy atom. The smallest absolute Gasteiger partial charge is 0.111 e. The summed E-state index contributed by atoms with van der Waals surface area (Å²) in [6.45, 7) is 0.953. The molecule has 1 rings (SSSR count). The molecule has 0 amide bonds. The zero-order chi connectivity index (χ0) is 8.97. The lowest BCUT2D eigenvalue weighted by molar-refractivity contribution is 0.428. The van der Waals surface area contributed by atoms with Crippen LogP contribution in [0.2, 0.25) is 0 Å². The van der Waals surface area contributed by atoms with Crippen LogP contribution in [0.3, 0.4) is 0 Å². The molecule has 0 aromatic rings. The Hall–Kier alpha value is -1.02. The van der Waals surface area contributed by atoms with Crippen molar-refractivity contribution in [3.63, 3.8) is 0 Å². The maximum atomic E-state index is 9.04. The van der Waals surface area contributed by atoms with Gasteiger partial charge in [0.1, 0.15) is 5.76 Å². The van der Waals surface area contributed by atoms with Gasteiger partial charge in [-0.3, -0.25) is 0 Å². The van der Waals surface area contributed by atoms with E-state index in [-0.39, 0.29) is 0 Å². The van der Waals surface area contributed by atoms with Crippen LogP contribution in [0, 0.1) is 0 Å². The number of allylic oxidation sites excluding steroid dienone is 4. The number of hydrogen-bond acceptors (Lipinski definition) is 2. The second-order valence-corrected chi connectivity index (χ2v) is 3.21. The highest BCUT2D eigenvalue weighted by Gasteiger charge is 1.98. The first-order valence-electron chi connectivity index (χ1n) is 4.09. The van der Waals surface area contributed by atoms with Gasteiger partial charge in [-0.15, -0.1) is 0 Å². The maximum Gasteiger partial charge on any atom is 0.111 e. The second kappa shape index (κ2) is 4.12. The number of rotatable bonds is 2. The normalized spacial score (nSPS) is 20.2. The van der Waals surface area contributed by atoms with Crippen molar-refractivity contribution in [3.05, 3.63) is 35.6 Å². The molecule has 0 bridgehead atoms. The van der Waals surface area contributed by atoms with Crippen LogP contribution in [0.1, 0.15) is 6.42 Å². The molecule has 1 aliphatic rings. The molecule has 0 aromatic carbocycles. The summed E-state index contributed by atoms with van der Waals surface area (Å²) < 4.78 is 0. The molecule has 12 heavy (non-hydrogen) atoms. The largest absolute Gasteiger partial charge is 0.508 e. The molecule has 66 valence electrons. The predicted octanol–water partition coefficient (Wildman–Crippen LogP) is 1.88. The van der Waals surface area contributed by atoms with Crippen molar-refractivity contribution in [2.75, 3.05) is 20.6 Å². The van der Waals surface area contributed by atoms with Gasteiger partial charge in [-0.1, -0.05) is 12.2 Å². The molecule has 0 aromatic heterocycles. The average Bonchev–Trinajstić information content (AvgIpc) is 2.03. The third-order valence-electron chi connectivity index (χ3n) is 1.73. The summed E-state index contributed by atoms with van der Waals surface area (Å²) in [5.41, 5.74) is 1.27. The van der Waals surface area contributed by atoms with Gasteiger partial charge < -0.3 is 10.0 Å². The molecule has 0 fully saturated rings. The Morgan fingerprint density at radius 1 is 1.50 bits per heavy atom. The van der Waals surface area contributed by atoms with Gasteiger partial charge in [-0.2, -0.15) is 0 Å². The highest BCUT2D eigenvalue weighted by Crippen LogP contribution is 2.13. The van der Waals surface area contributed by atoms with E-state index < -0.39 is 0 Å². The Labute approximate surface area is 73.5 Å². The Bertz CT molecular complexity index is 236. The zero-order valence-corrected chi connectivity index (χ0v) is 7.62. The molecule has 1 N–H and O–H groups in total. The van der Waals surface area contributed by atoms with Crippen LogP contribution in [0.15, 0.2) is 35.6 Å². The Kier molecular flexibility index (Phi) is 3.11. The molecule has 0 spiro atoms. The van der Waals surface area contributed by atoms with Gasteiger partial charge >= 0.3 is 0 Å². The van der Waals surface area contributed by atoms with Crippen LogP contribution >= 0.6 is 0 Å². The monoisotopic (exact) mass is 165 g/mol. The molecular formula is C10H15NO. The lowest BCUT2D eigenvalue weighted by Crippen LogP contribution is -2.11. The first-order chi connectivity index (χ1) is 5.68. The van der Waals surface area contributed by atoms with Crippen LogP contribution in [0.25, 0.3) is 0 Å². The third-order valence-corrected chi connectivity index (χ3v) is 1.73.